The van der Waals surface area contributed by atoms with Gasteiger partial charge in [0.15, 0.2) is 5.78 Å². The molecule has 0 atom stereocenters. The summed E-state index contributed by atoms with van der Waals surface area (Å²) >= 11 is 0. The van der Waals surface area contributed by atoms with Crippen molar-refractivity contribution in [2.24, 2.45) is 0 Å². The van der Waals surface area contributed by atoms with Crippen molar-refractivity contribution >= 4 is 29.2 Å². The number of nitrogens with one attached hydrogen (secondary N) is 2. The Labute approximate surface area is 195 Å². The van der Waals surface area contributed by atoms with Crippen molar-refractivity contribution in [3.8, 4) is 17.5 Å². The summed E-state index contributed by atoms with van der Waals surface area (Å²) in [6, 6.07) is 14.6. The summed E-state index contributed by atoms with van der Waals surface area (Å²) in [5.74, 6) is -0.765. The minimum atomic E-state index is -1.34. The molecule has 0 spiro atoms. The maximum absolute atomic E-state index is 12.7. The number of nitrogens with zero attached hydrogens (tertiary/aromatic N) is 2. The van der Waals surface area contributed by atoms with Gasteiger partial charge < -0.3 is 24.5 Å². The molecule has 3 rings (SSSR count). The van der Waals surface area contributed by atoms with E-state index >= 15 is 0 Å². The number of ketones is 1. The maximum Gasteiger partial charge on any atom is 0.409 e. The van der Waals surface area contributed by atoms with E-state index in [-0.39, 0.29) is 23.5 Å². The monoisotopic (exact) mass is 462 g/mol. The Bertz CT molecular complexity index is 1230. The predicted octanol–water partition coefficient (Wildman–Crippen LogP) is 3.68. The lowest BCUT2D eigenvalue weighted by molar-refractivity contribution is -0.115. The molecule has 2 aromatic carbocycles. The van der Waals surface area contributed by atoms with Gasteiger partial charge in [-0.3, -0.25) is 14.9 Å². The number of benzene rings is 2. The molecule has 0 saturated heterocycles. The van der Waals surface area contributed by atoms with Gasteiger partial charge in [-0.15, -0.1) is 0 Å². The van der Waals surface area contributed by atoms with Crippen molar-refractivity contribution in [2.45, 2.75) is 6.42 Å². The van der Waals surface area contributed by atoms with Crippen molar-refractivity contribution in [2.75, 3.05) is 31.0 Å². The number of hydrogen-bond donors (Lipinski definition) is 3. The summed E-state index contributed by atoms with van der Waals surface area (Å²) in [4.78, 5) is 36.5. The fourth-order valence-corrected chi connectivity index (χ4v) is 3.14. The molecule has 34 heavy (non-hydrogen) atoms. The molecule has 0 aliphatic carbocycles. The number of aromatic nitrogens is 1. The molecule has 0 fully saturated rings. The molecule has 1 aromatic heterocycles. The van der Waals surface area contributed by atoms with Crippen LogP contribution in [-0.2, 0) is 9.53 Å². The first kappa shape index (κ1) is 24.0. The Kier molecular flexibility index (Phi) is 7.99. The van der Waals surface area contributed by atoms with Gasteiger partial charge in [0.1, 0.15) is 12.4 Å². The van der Waals surface area contributed by atoms with Crippen LogP contribution < -0.4 is 15.4 Å². The summed E-state index contributed by atoms with van der Waals surface area (Å²) in [5, 5.41) is 23.1. The Balaban J connectivity index is 1.89. The molecule has 0 bridgehead atoms. The number of Topliss-reactive ketones (excluding diaryl/α,β-unsaturated/α-hetero) is 1. The highest BCUT2D eigenvalue weighted by Crippen LogP contribution is 2.34. The SMILES string of the molecule is COCCOc1cc(NC(=O)O)c(NC(=O)CC(=O)c2cccc(C#N)c2)cc1-n1cccc1. The summed E-state index contributed by atoms with van der Waals surface area (Å²) in [6.45, 7) is 0.541. The predicted molar refractivity (Wildman–Crippen MR) is 124 cm³/mol. The number of carbonyl (C=O) groups is 3. The highest BCUT2D eigenvalue weighted by atomic mass is 16.5. The summed E-state index contributed by atoms with van der Waals surface area (Å²) < 4.78 is 12.5. The number of carbonyl (C=O) groups excluding carboxylic acids is 2. The average Bonchev–Trinajstić information content (AvgIpc) is 3.35. The number of carboxylic acid groups (broad SMARTS) is 1. The molecule has 3 aromatic rings. The molecule has 1 heterocycles. The minimum absolute atomic E-state index is 0.0723. The number of anilines is 2. The zero-order chi connectivity index (χ0) is 24.5. The van der Waals surface area contributed by atoms with Gasteiger partial charge in [0.2, 0.25) is 5.91 Å². The lowest BCUT2D eigenvalue weighted by Gasteiger charge is -2.18. The van der Waals surface area contributed by atoms with E-state index in [1.807, 2.05) is 6.07 Å². The normalized spacial score (nSPS) is 10.2. The van der Waals surface area contributed by atoms with Crippen LogP contribution in [0.2, 0.25) is 0 Å². The van der Waals surface area contributed by atoms with Crippen LogP contribution in [0, 0.1) is 11.3 Å². The Hall–Kier alpha value is -4.62. The van der Waals surface area contributed by atoms with Crippen molar-refractivity contribution in [1.29, 1.82) is 5.26 Å². The van der Waals surface area contributed by atoms with Gasteiger partial charge in [0.05, 0.1) is 41.7 Å². The van der Waals surface area contributed by atoms with Crippen LogP contribution in [0.3, 0.4) is 0 Å². The zero-order valence-electron chi connectivity index (χ0n) is 18.3. The average molecular weight is 462 g/mol. The molecule has 0 unspecified atom stereocenters. The smallest absolute Gasteiger partial charge is 0.409 e. The van der Waals surface area contributed by atoms with Crippen molar-refractivity contribution < 1.29 is 29.0 Å². The molecular formula is C24H22N4O6. The third-order valence-electron chi connectivity index (χ3n) is 4.68. The molecule has 0 aliphatic heterocycles. The molecule has 10 heteroatoms. The molecule has 0 radical (unpaired) electrons. The molecule has 0 aliphatic rings. The van der Waals surface area contributed by atoms with Gasteiger partial charge in [-0.2, -0.15) is 5.26 Å². The van der Waals surface area contributed by atoms with Gasteiger partial charge in [-0.1, -0.05) is 12.1 Å². The van der Waals surface area contributed by atoms with Crippen molar-refractivity contribution in [3.05, 3.63) is 72.1 Å². The topological polar surface area (TPSA) is 143 Å². The molecule has 3 N–H and O–H groups in total. The summed E-state index contributed by atoms with van der Waals surface area (Å²) in [7, 11) is 1.53. The minimum Gasteiger partial charge on any atom is -0.489 e. The van der Waals surface area contributed by atoms with Crippen LogP contribution in [0.4, 0.5) is 16.2 Å². The van der Waals surface area contributed by atoms with Crippen LogP contribution in [0.25, 0.3) is 5.69 Å². The lowest BCUT2D eigenvalue weighted by Crippen LogP contribution is -2.19. The van der Waals surface area contributed by atoms with Crippen LogP contribution >= 0.6 is 0 Å². The van der Waals surface area contributed by atoms with Gasteiger partial charge >= 0.3 is 6.09 Å². The number of rotatable bonds is 10. The second-order valence-corrected chi connectivity index (χ2v) is 7.07. The summed E-state index contributed by atoms with van der Waals surface area (Å²) in [5.41, 5.74) is 1.30. The number of hydrogen-bond acceptors (Lipinski definition) is 6. The molecular weight excluding hydrogens is 440 g/mol. The fraction of sp³-hybridized carbons (Fsp3) is 0.167. The van der Waals surface area contributed by atoms with E-state index in [9.17, 15) is 19.5 Å². The Morgan fingerprint density at radius 3 is 2.44 bits per heavy atom. The first-order valence-corrected chi connectivity index (χ1v) is 10.2. The first-order valence-electron chi connectivity index (χ1n) is 10.2. The van der Waals surface area contributed by atoms with E-state index in [0.717, 1.165) is 0 Å². The molecule has 2 amide bonds. The number of methoxy groups -OCH3 is 1. The second kappa shape index (κ2) is 11.3. The number of nitriles is 1. The highest BCUT2D eigenvalue weighted by molar-refractivity contribution is 6.12. The van der Waals surface area contributed by atoms with Crippen LogP contribution in [0.5, 0.6) is 5.75 Å². The van der Waals surface area contributed by atoms with E-state index in [1.165, 1.54) is 25.3 Å². The highest BCUT2D eigenvalue weighted by Gasteiger charge is 2.18. The van der Waals surface area contributed by atoms with Gasteiger partial charge in [-0.05, 0) is 30.3 Å². The van der Waals surface area contributed by atoms with E-state index in [2.05, 4.69) is 10.6 Å². The van der Waals surface area contributed by atoms with Crippen LogP contribution in [0.15, 0.2) is 60.9 Å². The van der Waals surface area contributed by atoms with Crippen LogP contribution in [-0.4, -0.2) is 47.8 Å². The standard InChI is InChI=1S/C24H22N4O6/c1-33-9-10-34-22-13-19(27-24(31)32)18(12-20(22)28-7-2-3-8-28)26-23(30)14-21(29)17-6-4-5-16(11-17)15-25/h2-8,11-13,27H,9-10,14H2,1H3,(H,26,30)(H,31,32). The van der Waals surface area contributed by atoms with E-state index in [0.29, 0.717) is 23.6 Å². The largest absolute Gasteiger partial charge is 0.489 e. The Morgan fingerprint density at radius 2 is 1.76 bits per heavy atom. The van der Waals surface area contributed by atoms with Gasteiger partial charge in [-0.25, -0.2) is 4.79 Å². The third kappa shape index (κ3) is 6.21. The Morgan fingerprint density at radius 1 is 1.03 bits per heavy atom. The molecule has 10 nitrogen and oxygen atoms in total. The summed E-state index contributed by atoms with van der Waals surface area (Å²) in [6.07, 6.45) is 1.70. The first-order chi connectivity index (χ1) is 16.4. The third-order valence-corrected chi connectivity index (χ3v) is 4.68. The van der Waals surface area contributed by atoms with E-state index < -0.39 is 24.2 Å². The number of amides is 2. The van der Waals surface area contributed by atoms with Gasteiger partial charge in [0.25, 0.3) is 0 Å². The van der Waals surface area contributed by atoms with E-state index in [4.69, 9.17) is 14.7 Å². The fourth-order valence-electron chi connectivity index (χ4n) is 3.14. The van der Waals surface area contributed by atoms with Crippen molar-refractivity contribution in [1.82, 2.24) is 4.57 Å². The van der Waals surface area contributed by atoms with Gasteiger partial charge in [0, 0.05) is 31.1 Å². The van der Waals surface area contributed by atoms with E-state index in [1.54, 1.807) is 47.3 Å². The molecule has 174 valence electrons. The maximum atomic E-state index is 12.7. The van der Waals surface area contributed by atoms with Crippen molar-refractivity contribution in [3.63, 3.8) is 0 Å². The van der Waals surface area contributed by atoms with Crippen LogP contribution in [0.1, 0.15) is 22.3 Å². The zero-order valence-corrected chi connectivity index (χ0v) is 18.3. The lowest BCUT2D eigenvalue weighted by atomic mass is 10.1. The molecule has 0 saturated carbocycles. The number of ether oxygens (including phenoxy) is 2. The second-order valence-electron chi connectivity index (χ2n) is 7.07. The quantitative estimate of drug-likeness (QED) is 0.237.